The van der Waals surface area contributed by atoms with Crippen LogP contribution in [0.3, 0.4) is 0 Å². The summed E-state index contributed by atoms with van der Waals surface area (Å²) in [6.07, 6.45) is 0.104. The van der Waals surface area contributed by atoms with Crippen LogP contribution in [0.1, 0.15) is 28.4 Å². The fourth-order valence-electron chi connectivity index (χ4n) is 2.78. The number of carbonyl (C=O) groups is 1. The van der Waals surface area contributed by atoms with E-state index in [9.17, 15) is 9.59 Å². The van der Waals surface area contributed by atoms with E-state index in [-0.39, 0.29) is 30.4 Å². The van der Waals surface area contributed by atoms with Crippen LogP contribution in [0, 0.1) is 0 Å². The molecule has 25 heavy (non-hydrogen) atoms. The van der Waals surface area contributed by atoms with Gasteiger partial charge in [-0.3, -0.25) is 4.79 Å². The fourth-order valence-corrected chi connectivity index (χ4v) is 2.78. The zero-order valence-corrected chi connectivity index (χ0v) is 13.6. The number of fused-ring (bicyclic) bond motifs is 1. The highest BCUT2D eigenvalue weighted by Gasteiger charge is 2.20. The number of benzene rings is 2. The minimum atomic E-state index is -0.627. The summed E-state index contributed by atoms with van der Waals surface area (Å²) >= 11 is 0. The Labute approximate surface area is 144 Å². The summed E-state index contributed by atoms with van der Waals surface area (Å²) in [4.78, 5) is 24.9. The third-order valence-electron chi connectivity index (χ3n) is 4.04. The van der Waals surface area contributed by atoms with Crippen molar-refractivity contribution in [3.63, 3.8) is 0 Å². The van der Waals surface area contributed by atoms with E-state index in [4.69, 9.17) is 9.52 Å². The highest BCUT2D eigenvalue weighted by atomic mass is 16.4. The van der Waals surface area contributed by atoms with Crippen LogP contribution >= 0.6 is 0 Å². The van der Waals surface area contributed by atoms with E-state index in [1.807, 2.05) is 36.4 Å². The predicted octanol–water partition coefficient (Wildman–Crippen LogP) is 2.69. The molecule has 2 N–H and O–H groups in total. The van der Waals surface area contributed by atoms with Crippen molar-refractivity contribution in [3.05, 3.63) is 82.2 Å². The number of rotatable bonds is 7. The van der Waals surface area contributed by atoms with Gasteiger partial charge in [0.1, 0.15) is 11.1 Å². The minimum Gasteiger partial charge on any atom is -0.422 e. The number of Topliss-reactive ketones (excluding diaryl/α,β-unsaturated/α-hetero) is 1. The van der Waals surface area contributed by atoms with E-state index in [2.05, 4.69) is 5.32 Å². The Kier molecular flexibility index (Phi) is 5.38. The fraction of sp³-hybridized carbons (Fsp3) is 0.200. The second kappa shape index (κ2) is 7.88. The quantitative estimate of drug-likeness (QED) is 0.512. The van der Waals surface area contributed by atoms with Gasteiger partial charge in [-0.05, 0) is 17.7 Å². The Morgan fingerprint density at radius 1 is 1.08 bits per heavy atom. The summed E-state index contributed by atoms with van der Waals surface area (Å²) in [6, 6.07) is 17.9. The van der Waals surface area contributed by atoms with E-state index in [1.54, 1.807) is 24.3 Å². The molecule has 1 heterocycles. The Balaban J connectivity index is 1.88. The van der Waals surface area contributed by atoms with Crippen molar-refractivity contribution in [1.29, 1.82) is 0 Å². The van der Waals surface area contributed by atoms with Crippen LogP contribution in [0.2, 0.25) is 0 Å². The van der Waals surface area contributed by atoms with Crippen LogP contribution in [-0.4, -0.2) is 24.0 Å². The van der Waals surface area contributed by atoms with Crippen molar-refractivity contribution in [2.75, 3.05) is 13.2 Å². The molecule has 0 saturated heterocycles. The minimum absolute atomic E-state index is 0.0321. The molecule has 5 nitrogen and oxygen atoms in total. The summed E-state index contributed by atoms with van der Waals surface area (Å²) in [6.45, 7) is 0.328. The van der Waals surface area contributed by atoms with Crippen molar-refractivity contribution in [3.8, 4) is 0 Å². The van der Waals surface area contributed by atoms with Crippen LogP contribution < -0.4 is 10.9 Å². The molecular formula is C20H19NO4. The molecule has 0 aliphatic carbocycles. The highest BCUT2D eigenvalue weighted by Crippen LogP contribution is 2.20. The van der Waals surface area contributed by atoms with Gasteiger partial charge in [-0.1, -0.05) is 48.5 Å². The number of aliphatic hydroxyl groups excluding tert-OH is 1. The largest absolute Gasteiger partial charge is 0.422 e. The van der Waals surface area contributed by atoms with Crippen LogP contribution in [-0.2, 0) is 0 Å². The third kappa shape index (κ3) is 4.02. The maximum Gasteiger partial charge on any atom is 0.347 e. The number of hydrogen-bond donors (Lipinski definition) is 2. The van der Waals surface area contributed by atoms with Gasteiger partial charge in [-0.2, -0.15) is 0 Å². The Morgan fingerprint density at radius 2 is 1.80 bits per heavy atom. The van der Waals surface area contributed by atoms with E-state index < -0.39 is 5.63 Å². The van der Waals surface area contributed by atoms with Gasteiger partial charge < -0.3 is 14.8 Å². The first-order chi connectivity index (χ1) is 12.2. The van der Waals surface area contributed by atoms with Crippen LogP contribution in [0.4, 0.5) is 0 Å². The van der Waals surface area contributed by atoms with Crippen molar-refractivity contribution in [1.82, 2.24) is 5.32 Å². The molecule has 0 aliphatic heterocycles. The maximum absolute atomic E-state index is 12.7. The topological polar surface area (TPSA) is 79.5 Å². The number of hydrogen-bond acceptors (Lipinski definition) is 5. The maximum atomic E-state index is 12.7. The lowest BCUT2D eigenvalue weighted by molar-refractivity contribution is 0.0963. The van der Waals surface area contributed by atoms with Gasteiger partial charge >= 0.3 is 5.63 Å². The zero-order valence-electron chi connectivity index (χ0n) is 13.6. The SMILES string of the molecule is O=C(C[C@H](NCCO)c1ccccc1)c1cc2ccccc2oc1=O. The van der Waals surface area contributed by atoms with Gasteiger partial charge in [0, 0.05) is 24.4 Å². The first kappa shape index (κ1) is 17.1. The summed E-state index contributed by atoms with van der Waals surface area (Å²) in [5.41, 5.74) is 0.805. The molecule has 0 spiro atoms. The molecule has 1 atom stereocenters. The average Bonchev–Trinajstić information content (AvgIpc) is 2.65. The van der Waals surface area contributed by atoms with Gasteiger partial charge in [-0.25, -0.2) is 4.79 Å². The van der Waals surface area contributed by atoms with Gasteiger partial charge in [-0.15, -0.1) is 0 Å². The first-order valence-corrected chi connectivity index (χ1v) is 8.14. The Bertz CT molecular complexity index is 918. The summed E-state index contributed by atoms with van der Waals surface area (Å²) < 4.78 is 5.25. The zero-order chi connectivity index (χ0) is 17.6. The highest BCUT2D eigenvalue weighted by molar-refractivity contribution is 5.98. The number of para-hydroxylation sites is 1. The smallest absolute Gasteiger partial charge is 0.347 e. The lowest BCUT2D eigenvalue weighted by Crippen LogP contribution is -2.28. The molecule has 1 aromatic heterocycles. The lowest BCUT2D eigenvalue weighted by atomic mass is 9.98. The molecule has 128 valence electrons. The standard InChI is InChI=1S/C20H19NO4/c22-11-10-21-17(14-6-2-1-3-7-14)13-18(23)16-12-15-8-4-5-9-19(15)25-20(16)24/h1-9,12,17,21-22H,10-11,13H2/t17-/m0/s1. The molecule has 5 heteroatoms. The molecular weight excluding hydrogens is 318 g/mol. The third-order valence-corrected chi connectivity index (χ3v) is 4.04. The second-order valence-electron chi connectivity index (χ2n) is 5.75. The average molecular weight is 337 g/mol. The first-order valence-electron chi connectivity index (χ1n) is 8.14. The number of aliphatic hydroxyl groups is 1. The monoisotopic (exact) mass is 337 g/mol. The van der Waals surface area contributed by atoms with E-state index in [0.717, 1.165) is 5.56 Å². The van der Waals surface area contributed by atoms with Crippen molar-refractivity contribution < 1.29 is 14.3 Å². The van der Waals surface area contributed by atoms with Crippen molar-refractivity contribution in [2.24, 2.45) is 0 Å². The van der Waals surface area contributed by atoms with Crippen molar-refractivity contribution in [2.45, 2.75) is 12.5 Å². The molecule has 2 aromatic carbocycles. The number of ketones is 1. The second-order valence-corrected chi connectivity index (χ2v) is 5.75. The van der Waals surface area contributed by atoms with E-state index in [1.165, 1.54) is 0 Å². The molecule has 0 saturated carbocycles. The van der Waals surface area contributed by atoms with Crippen LogP contribution in [0.25, 0.3) is 11.0 Å². The molecule has 0 amide bonds. The molecule has 0 radical (unpaired) electrons. The molecule has 3 rings (SSSR count). The molecule has 0 bridgehead atoms. The number of carbonyl (C=O) groups excluding carboxylic acids is 1. The Hall–Kier alpha value is -2.76. The molecule has 3 aromatic rings. The van der Waals surface area contributed by atoms with Crippen molar-refractivity contribution >= 4 is 16.8 Å². The van der Waals surface area contributed by atoms with Gasteiger partial charge in [0.25, 0.3) is 0 Å². The number of nitrogens with one attached hydrogen (secondary N) is 1. The molecule has 0 unspecified atom stereocenters. The Morgan fingerprint density at radius 3 is 2.56 bits per heavy atom. The predicted molar refractivity (Wildman–Crippen MR) is 95.7 cm³/mol. The van der Waals surface area contributed by atoms with E-state index >= 15 is 0 Å². The van der Waals surface area contributed by atoms with E-state index in [0.29, 0.717) is 17.5 Å². The normalized spacial score (nSPS) is 12.2. The summed E-state index contributed by atoms with van der Waals surface area (Å²) in [5.74, 6) is -0.293. The molecule has 0 aliphatic rings. The lowest BCUT2D eigenvalue weighted by Gasteiger charge is -2.18. The summed E-state index contributed by atoms with van der Waals surface area (Å²) in [7, 11) is 0. The summed E-state index contributed by atoms with van der Waals surface area (Å²) in [5, 5.41) is 12.9. The molecule has 0 fully saturated rings. The van der Waals surface area contributed by atoms with Crippen LogP contribution in [0.5, 0.6) is 0 Å². The van der Waals surface area contributed by atoms with Crippen LogP contribution in [0.15, 0.2) is 69.9 Å². The van der Waals surface area contributed by atoms with Gasteiger partial charge in [0.2, 0.25) is 0 Å². The van der Waals surface area contributed by atoms with Gasteiger partial charge in [0.15, 0.2) is 5.78 Å². The van der Waals surface area contributed by atoms with Gasteiger partial charge in [0.05, 0.1) is 6.61 Å².